The molecule has 0 aliphatic heterocycles. The van der Waals surface area contributed by atoms with Crippen molar-refractivity contribution in [2.24, 2.45) is 7.05 Å². The number of aromatic nitrogens is 1. The predicted octanol–water partition coefficient (Wildman–Crippen LogP) is -4.89. The first-order valence-corrected chi connectivity index (χ1v) is 3.18. The van der Waals surface area contributed by atoms with Gasteiger partial charge in [0, 0.05) is 13.1 Å². The summed E-state index contributed by atoms with van der Waals surface area (Å²) in [4.78, 5) is 10.5. The van der Waals surface area contributed by atoms with E-state index in [1.165, 1.54) is 21.6 Å². The van der Waals surface area contributed by atoms with Crippen molar-refractivity contribution in [2.75, 3.05) is 0 Å². The van der Waals surface area contributed by atoms with Crippen molar-refractivity contribution in [3.63, 3.8) is 0 Å². The molecule has 0 bridgehead atoms. The van der Waals surface area contributed by atoms with Gasteiger partial charge in [0.15, 0.2) is 0 Å². The molecule has 0 spiro atoms. The molecule has 2 nitrogen and oxygen atoms in total. The van der Waals surface area contributed by atoms with Crippen LogP contribution in [0.2, 0.25) is 4.34 Å². The third kappa shape index (κ3) is 5.21. The Morgan fingerprint density at radius 2 is 2.00 bits per heavy atom. The Morgan fingerprint density at radius 1 is 1.55 bits per heavy atom. The molecule has 1 aromatic heterocycles. The SMILES string of the molecule is Cn1sc(Cl)cc1=O.[Cl-].[Cl-].[Zn+2]. The van der Waals surface area contributed by atoms with E-state index in [1.807, 2.05) is 0 Å². The minimum atomic E-state index is -0.0417. The van der Waals surface area contributed by atoms with Crippen molar-refractivity contribution in [1.29, 1.82) is 0 Å². The summed E-state index contributed by atoms with van der Waals surface area (Å²) in [7, 11) is 1.68. The van der Waals surface area contributed by atoms with Crippen LogP contribution in [-0.2, 0) is 26.5 Å². The van der Waals surface area contributed by atoms with Gasteiger partial charge in [-0.15, -0.1) is 0 Å². The fraction of sp³-hybridized carbons (Fsp3) is 0.250. The summed E-state index contributed by atoms with van der Waals surface area (Å²) in [5.41, 5.74) is -0.0417. The molecule has 1 aromatic rings. The van der Waals surface area contributed by atoms with E-state index in [9.17, 15) is 4.79 Å². The number of hydrogen-bond acceptors (Lipinski definition) is 2. The van der Waals surface area contributed by atoms with Crippen LogP contribution in [0.15, 0.2) is 10.9 Å². The predicted molar refractivity (Wildman–Crippen MR) is 34.6 cm³/mol. The number of halogens is 3. The van der Waals surface area contributed by atoms with Crippen LogP contribution in [0.25, 0.3) is 0 Å². The van der Waals surface area contributed by atoms with E-state index in [0.717, 1.165) is 0 Å². The summed E-state index contributed by atoms with van der Waals surface area (Å²) < 4.78 is 2.01. The summed E-state index contributed by atoms with van der Waals surface area (Å²) in [6, 6.07) is 1.40. The maximum Gasteiger partial charge on any atom is 2.00 e. The second-order valence-electron chi connectivity index (χ2n) is 1.38. The number of aryl methyl sites for hydroxylation is 1. The first-order valence-electron chi connectivity index (χ1n) is 2.03. The van der Waals surface area contributed by atoms with E-state index in [0.29, 0.717) is 4.34 Å². The van der Waals surface area contributed by atoms with Crippen molar-refractivity contribution < 1.29 is 44.3 Å². The van der Waals surface area contributed by atoms with E-state index >= 15 is 0 Å². The molecular weight excluding hydrogens is 282 g/mol. The zero-order valence-corrected chi connectivity index (χ0v) is 11.7. The molecule has 11 heavy (non-hydrogen) atoms. The molecular formula is C4H4Cl3NOSZn. The summed E-state index contributed by atoms with van der Waals surface area (Å²) >= 11 is 6.70. The van der Waals surface area contributed by atoms with Crippen LogP contribution >= 0.6 is 23.1 Å². The van der Waals surface area contributed by atoms with Gasteiger partial charge in [-0.1, -0.05) is 11.6 Å². The van der Waals surface area contributed by atoms with Gasteiger partial charge in [-0.3, -0.25) is 8.75 Å². The Labute approximate surface area is 98.7 Å². The first-order chi connectivity index (χ1) is 3.70. The molecule has 1 heterocycles. The molecule has 0 saturated carbocycles. The largest absolute Gasteiger partial charge is 2.00 e. The van der Waals surface area contributed by atoms with Crippen LogP contribution in [0, 0.1) is 0 Å². The molecule has 60 valence electrons. The van der Waals surface area contributed by atoms with E-state index in [4.69, 9.17) is 11.6 Å². The van der Waals surface area contributed by atoms with Gasteiger partial charge in [0.05, 0.1) is 0 Å². The Kier molecular flexibility index (Phi) is 12.3. The topological polar surface area (TPSA) is 22.0 Å². The van der Waals surface area contributed by atoms with Gasteiger partial charge in [-0.2, -0.15) is 0 Å². The third-order valence-electron chi connectivity index (χ3n) is 0.771. The monoisotopic (exact) mass is 283 g/mol. The first kappa shape index (κ1) is 17.9. The van der Waals surface area contributed by atoms with Gasteiger partial charge in [0.25, 0.3) is 5.56 Å². The second-order valence-corrected chi connectivity index (χ2v) is 3.18. The van der Waals surface area contributed by atoms with Gasteiger partial charge < -0.3 is 24.8 Å². The van der Waals surface area contributed by atoms with Crippen molar-refractivity contribution in [2.45, 2.75) is 0 Å². The molecule has 0 N–H and O–H groups in total. The van der Waals surface area contributed by atoms with Gasteiger partial charge in [0.1, 0.15) is 4.34 Å². The van der Waals surface area contributed by atoms with E-state index < -0.39 is 0 Å². The van der Waals surface area contributed by atoms with Crippen molar-refractivity contribution in [3.8, 4) is 0 Å². The molecule has 0 radical (unpaired) electrons. The maximum atomic E-state index is 10.5. The van der Waals surface area contributed by atoms with Crippen LogP contribution in [0.1, 0.15) is 0 Å². The Balaban J connectivity index is -0.000000213. The smallest absolute Gasteiger partial charge is 1.00 e. The van der Waals surface area contributed by atoms with Gasteiger partial charge in [-0.05, 0) is 11.5 Å². The molecule has 0 atom stereocenters. The van der Waals surface area contributed by atoms with E-state index in [-0.39, 0.29) is 49.9 Å². The zero-order valence-electron chi connectivity index (χ0n) is 5.68. The summed E-state index contributed by atoms with van der Waals surface area (Å²) in [5, 5.41) is 0. The van der Waals surface area contributed by atoms with E-state index in [2.05, 4.69) is 0 Å². The van der Waals surface area contributed by atoms with Crippen LogP contribution in [0.3, 0.4) is 0 Å². The molecule has 1 rings (SSSR count). The molecule has 0 aromatic carbocycles. The Morgan fingerprint density at radius 3 is 2.09 bits per heavy atom. The van der Waals surface area contributed by atoms with Gasteiger partial charge >= 0.3 is 19.5 Å². The van der Waals surface area contributed by atoms with Crippen LogP contribution in [0.5, 0.6) is 0 Å². The fourth-order valence-electron chi connectivity index (χ4n) is 0.390. The summed E-state index contributed by atoms with van der Waals surface area (Å²) in [6.07, 6.45) is 0. The number of nitrogens with zero attached hydrogens (tertiary/aromatic N) is 1. The average Bonchev–Trinajstić information content (AvgIpc) is 1.85. The number of rotatable bonds is 0. The van der Waals surface area contributed by atoms with Gasteiger partial charge in [0.2, 0.25) is 0 Å². The van der Waals surface area contributed by atoms with Crippen molar-refractivity contribution >= 4 is 23.1 Å². The quantitative estimate of drug-likeness (QED) is 0.438. The molecule has 0 amide bonds. The molecule has 7 heteroatoms. The molecule has 0 saturated heterocycles. The van der Waals surface area contributed by atoms with E-state index in [1.54, 1.807) is 7.05 Å². The van der Waals surface area contributed by atoms with Crippen molar-refractivity contribution in [3.05, 3.63) is 20.8 Å². The average molecular weight is 286 g/mol. The third-order valence-corrected chi connectivity index (χ3v) is 1.83. The Bertz CT molecular complexity index is 248. The van der Waals surface area contributed by atoms with Gasteiger partial charge in [-0.25, -0.2) is 0 Å². The number of hydrogen-bond donors (Lipinski definition) is 0. The standard InChI is InChI=1S/C4H4ClNOS.2ClH.Zn/c1-6-4(7)2-3(5)8-6;;;/h2H,1H3;2*1H;/q;;;+2/p-2. The van der Waals surface area contributed by atoms with Crippen molar-refractivity contribution in [1.82, 2.24) is 3.96 Å². The molecule has 0 aliphatic rings. The van der Waals surface area contributed by atoms with Crippen LogP contribution in [0.4, 0.5) is 0 Å². The minimum Gasteiger partial charge on any atom is -1.00 e. The molecule has 0 unspecified atom stereocenters. The zero-order chi connectivity index (χ0) is 6.15. The fourth-order valence-corrected chi connectivity index (χ4v) is 1.35. The summed E-state index contributed by atoms with van der Waals surface area (Å²) in [6.45, 7) is 0. The molecule has 0 aliphatic carbocycles. The normalized spacial score (nSPS) is 7.09. The van der Waals surface area contributed by atoms with Crippen LogP contribution in [-0.4, -0.2) is 3.96 Å². The molecule has 0 fully saturated rings. The Hall–Kier alpha value is 0.923. The second kappa shape index (κ2) is 7.57. The maximum absolute atomic E-state index is 10.5. The minimum absolute atomic E-state index is 0. The van der Waals surface area contributed by atoms with Crippen LogP contribution < -0.4 is 30.4 Å². The summed E-state index contributed by atoms with van der Waals surface area (Å²) in [5.74, 6) is 0.